The monoisotopic (exact) mass is 297 g/mol. The van der Waals surface area contributed by atoms with Gasteiger partial charge in [-0.25, -0.2) is 0 Å². The van der Waals surface area contributed by atoms with Crippen LogP contribution in [0, 0.1) is 6.92 Å². The lowest BCUT2D eigenvalue weighted by Gasteiger charge is -2.22. The van der Waals surface area contributed by atoms with Crippen LogP contribution in [-0.4, -0.2) is 19.7 Å². The number of nitrogens with one attached hydrogen (secondary N) is 1. The molecule has 1 N–H and O–H groups in total. The first kappa shape index (κ1) is 16.6. The Bertz CT molecular complexity index is 578. The summed E-state index contributed by atoms with van der Waals surface area (Å²) < 4.78 is 5.61. The van der Waals surface area contributed by atoms with Gasteiger partial charge in [0.05, 0.1) is 7.11 Å². The van der Waals surface area contributed by atoms with Crippen LogP contribution < -0.4 is 10.1 Å². The fourth-order valence-electron chi connectivity index (χ4n) is 2.83. The number of methoxy groups -OCH3 is 1. The molecule has 0 aliphatic rings. The number of benzene rings is 2. The van der Waals surface area contributed by atoms with E-state index in [9.17, 15) is 0 Å². The first-order chi connectivity index (χ1) is 10.6. The predicted molar refractivity (Wildman–Crippen MR) is 93.8 cm³/mol. The highest BCUT2D eigenvalue weighted by atomic mass is 16.5. The van der Waals surface area contributed by atoms with Crippen LogP contribution in [0.15, 0.2) is 48.5 Å². The summed E-state index contributed by atoms with van der Waals surface area (Å²) in [6.45, 7) is 7.50. The highest BCUT2D eigenvalue weighted by Crippen LogP contribution is 2.34. The quantitative estimate of drug-likeness (QED) is 0.811. The van der Waals surface area contributed by atoms with Gasteiger partial charge in [-0.1, -0.05) is 61.9 Å². The van der Waals surface area contributed by atoms with Crippen molar-refractivity contribution in [2.75, 3.05) is 13.7 Å². The zero-order valence-electron chi connectivity index (χ0n) is 14.1. The second-order valence-electron chi connectivity index (χ2n) is 6.11. The highest BCUT2D eigenvalue weighted by Gasteiger charge is 2.18. The van der Waals surface area contributed by atoms with Crippen LogP contribution in [0.5, 0.6) is 5.75 Å². The second-order valence-corrected chi connectivity index (χ2v) is 6.11. The number of rotatable bonds is 7. The van der Waals surface area contributed by atoms with E-state index in [1.54, 1.807) is 7.11 Å². The number of aryl methyl sites for hydroxylation is 1. The Kier molecular flexibility index (Phi) is 6.02. The molecule has 118 valence electrons. The maximum atomic E-state index is 5.61. The number of hydrogen-bond acceptors (Lipinski definition) is 2. The Balaban J connectivity index is 2.33. The van der Waals surface area contributed by atoms with Gasteiger partial charge in [0.15, 0.2) is 0 Å². The lowest BCUT2D eigenvalue weighted by atomic mass is 9.87. The average Bonchev–Trinajstić information content (AvgIpc) is 2.52. The third kappa shape index (κ3) is 4.35. The van der Waals surface area contributed by atoms with E-state index in [4.69, 9.17) is 4.74 Å². The fraction of sp³-hybridized carbons (Fsp3) is 0.400. The van der Waals surface area contributed by atoms with Crippen LogP contribution in [0.2, 0.25) is 0 Å². The molecule has 2 rings (SSSR count). The molecule has 0 aliphatic heterocycles. The van der Waals surface area contributed by atoms with Crippen molar-refractivity contribution in [1.82, 2.24) is 5.32 Å². The molecule has 2 aromatic rings. The number of ether oxygens (including phenoxy) is 1. The van der Waals surface area contributed by atoms with Gasteiger partial charge < -0.3 is 10.1 Å². The maximum absolute atomic E-state index is 5.61. The van der Waals surface area contributed by atoms with Crippen molar-refractivity contribution >= 4 is 0 Å². The summed E-state index contributed by atoms with van der Waals surface area (Å²) in [6.07, 6.45) is 1.06. The average molecular weight is 297 g/mol. The molecule has 2 aromatic carbocycles. The zero-order valence-corrected chi connectivity index (χ0v) is 14.1. The van der Waals surface area contributed by atoms with E-state index in [0.29, 0.717) is 12.0 Å². The van der Waals surface area contributed by atoms with Gasteiger partial charge in [-0.3, -0.25) is 0 Å². The van der Waals surface area contributed by atoms with Crippen molar-refractivity contribution in [3.63, 3.8) is 0 Å². The van der Waals surface area contributed by atoms with Crippen LogP contribution in [-0.2, 0) is 0 Å². The standard InChI is InChI=1S/C20H27NO/c1-15(2)21-13-12-18(17-8-6-5-7-9-17)19-14-16(3)10-11-20(19)22-4/h5-11,14-15,18,21H,12-13H2,1-4H3/t18-/m1/s1. The van der Waals surface area contributed by atoms with E-state index in [2.05, 4.69) is 74.6 Å². The van der Waals surface area contributed by atoms with E-state index < -0.39 is 0 Å². The van der Waals surface area contributed by atoms with E-state index >= 15 is 0 Å². The first-order valence-corrected chi connectivity index (χ1v) is 8.04. The first-order valence-electron chi connectivity index (χ1n) is 8.04. The summed E-state index contributed by atoms with van der Waals surface area (Å²) in [5, 5.41) is 3.53. The second kappa shape index (κ2) is 8.00. The molecule has 0 amide bonds. The summed E-state index contributed by atoms with van der Waals surface area (Å²) in [7, 11) is 1.75. The fourth-order valence-corrected chi connectivity index (χ4v) is 2.83. The highest BCUT2D eigenvalue weighted by molar-refractivity contribution is 5.44. The molecule has 2 heteroatoms. The molecule has 0 aliphatic carbocycles. The summed E-state index contributed by atoms with van der Waals surface area (Å²) in [4.78, 5) is 0. The molecule has 0 fully saturated rings. The molecule has 0 unspecified atom stereocenters. The lowest BCUT2D eigenvalue weighted by Crippen LogP contribution is -2.25. The summed E-state index contributed by atoms with van der Waals surface area (Å²) >= 11 is 0. The van der Waals surface area contributed by atoms with Crippen LogP contribution in [0.1, 0.15) is 42.9 Å². The van der Waals surface area contributed by atoms with E-state index in [1.807, 2.05) is 0 Å². The van der Waals surface area contributed by atoms with E-state index in [-0.39, 0.29) is 0 Å². The van der Waals surface area contributed by atoms with Gasteiger partial charge in [-0.15, -0.1) is 0 Å². The molecule has 0 saturated heterocycles. The molecule has 2 nitrogen and oxygen atoms in total. The predicted octanol–water partition coefficient (Wildman–Crippen LogP) is 4.52. The molecule has 1 atom stereocenters. The van der Waals surface area contributed by atoms with Gasteiger partial charge >= 0.3 is 0 Å². The minimum absolute atomic E-state index is 0.349. The molecule has 0 spiro atoms. The minimum atomic E-state index is 0.349. The molecule has 0 bridgehead atoms. The van der Waals surface area contributed by atoms with Gasteiger partial charge in [0.1, 0.15) is 5.75 Å². The van der Waals surface area contributed by atoms with Crippen LogP contribution >= 0.6 is 0 Å². The molecule has 0 saturated carbocycles. The topological polar surface area (TPSA) is 21.3 Å². The van der Waals surface area contributed by atoms with Gasteiger partial charge in [-0.05, 0) is 31.5 Å². The summed E-state index contributed by atoms with van der Waals surface area (Å²) in [5.74, 6) is 1.33. The molecular weight excluding hydrogens is 270 g/mol. The molecular formula is C20H27NO. The summed E-state index contributed by atoms with van der Waals surface area (Å²) in [6, 6.07) is 17.7. The third-order valence-electron chi connectivity index (χ3n) is 3.95. The van der Waals surface area contributed by atoms with E-state index in [0.717, 1.165) is 18.7 Å². The van der Waals surface area contributed by atoms with Crippen molar-refractivity contribution in [1.29, 1.82) is 0 Å². The normalized spacial score (nSPS) is 12.4. The molecule has 0 radical (unpaired) electrons. The van der Waals surface area contributed by atoms with Gasteiger partial charge in [0, 0.05) is 17.5 Å². The Hall–Kier alpha value is -1.80. The zero-order chi connectivity index (χ0) is 15.9. The van der Waals surface area contributed by atoms with E-state index in [1.165, 1.54) is 16.7 Å². The van der Waals surface area contributed by atoms with Crippen molar-refractivity contribution in [3.05, 3.63) is 65.2 Å². The van der Waals surface area contributed by atoms with Crippen LogP contribution in [0.25, 0.3) is 0 Å². The Morgan fingerprint density at radius 2 is 1.77 bits per heavy atom. The Labute approximate surface area is 134 Å². The number of hydrogen-bond donors (Lipinski definition) is 1. The smallest absolute Gasteiger partial charge is 0.122 e. The Morgan fingerprint density at radius 1 is 1.05 bits per heavy atom. The van der Waals surface area contributed by atoms with Crippen molar-refractivity contribution in [2.24, 2.45) is 0 Å². The molecule has 22 heavy (non-hydrogen) atoms. The van der Waals surface area contributed by atoms with Gasteiger partial charge in [-0.2, -0.15) is 0 Å². The van der Waals surface area contributed by atoms with Crippen molar-refractivity contribution in [2.45, 2.75) is 39.2 Å². The SMILES string of the molecule is COc1ccc(C)cc1[C@H](CCNC(C)C)c1ccccc1. The summed E-state index contributed by atoms with van der Waals surface area (Å²) in [5.41, 5.74) is 3.89. The minimum Gasteiger partial charge on any atom is -0.496 e. The van der Waals surface area contributed by atoms with Crippen molar-refractivity contribution < 1.29 is 4.74 Å². The molecule has 0 aromatic heterocycles. The third-order valence-corrected chi connectivity index (χ3v) is 3.95. The van der Waals surface area contributed by atoms with Crippen LogP contribution in [0.3, 0.4) is 0 Å². The van der Waals surface area contributed by atoms with Crippen molar-refractivity contribution in [3.8, 4) is 5.75 Å². The largest absolute Gasteiger partial charge is 0.496 e. The van der Waals surface area contributed by atoms with Gasteiger partial charge in [0.2, 0.25) is 0 Å². The maximum Gasteiger partial charge on any atom is 0.122 e. The van der Waals surface area contributed by atoms with Crippen LogP contribution in [0.4, 0.5) is 0 Å². The lowest BCUT2D eigenvalue weighted by molar-refractivity contribution is 0.405. The van der Waals surface area contributed by atoms with Gasteiger partial charge in [0.25, 0.3) is 0 Å². The Morgan fingerprint density at radius 3 is 2.41 bits per heavy atom. The molecule has 0 heterocycles.